The van der Waals surface area contributed by atoms with Gasteiger partial charge in [0.25, 0.3) is 5.91 Å². The quantitative estimate of drug-likeness (QED) is 0.623. The van der Waals surface area contributed by atoms with Crippen molar-refractivity contribution in [3.8, 4) is 0 Å². The van der Waals surface area contributed by atoms with Crippen molar-refractivity contribution in [2.24, 2.45) is 5.92 Å². The smallest absolute Gasteiger partial charge is 0.326 e. The fraction of sp³-hybridized carbons (Fsp3) is 0.800. The van der Waals surface area contributed by atoms with E-state index in [0.29, 0.717) is 18.8 Å². The zero-order valence-corrected chi connectivity index (χ0v) is 13.2. The third-order valence-corrected chi connectivity index (χ3v) is 4.08. The highest BCUT2D eigenvalue weighted by molar-refractivity contribution is 6.08. The summed E-state index contributed by atoms with van der Waals surface area (Å²) in [5.41, 5.74) is -1.43. The molecule has 2 aliphatic rings. The van der Waals surface area contributed by atoms with E-state index in [1.54, 1.807) is 20.8 Å². The van der Waals surface area contributed by atoms with E-state index in [1.807, 2.05) is 0 Å². The first-order chi connectivity index (χ1) is 9.63. The predicted octanol–water partition coefficient (Wildman–Crippen LogP) is 1.83. The monoisotopic (exact) mass is 296 g/mol. The van der Waals surface area contributed by atoms with Crippen molar-refractivity contribution in [2.75, 3.05) is 6.54 Å². The molecule has 1 heterocycles. The Morgan fingerprint density at radius 1 is 1.33 bits per heavy atom. The molecule has 6 heteroatoms. The molecule has 1 aliphatic carbocycles. The van der Waals surface area contributed by atoms with Crippen LogP contribution in [0.4, 0.5) is 4.79 Å². The van der Waals surface area contributed by atoms with E-state index < -0.39 is 23.1 Å². The summed E-state index contributed by atoms with van der Waals surface area (Å²) in [5, 5.41) is 2.79. The summed E-state index contributed by atoms with van der Waals surface area (Å²) in [6, 6.07) is -0.486. The largest absolute Gasteiger partial charge is 0.459 e. The molecule has 2 fully saturated rings. The summed E-state index contributed by atoms with van der Waals surface area (Å²) in [6.07, 6.45) is 3.10. The van der Waals surface area contributed by atoms with E-state index in [9.17, 15) is 14.4 Å². The molecular weight excluding hydrogens is 272 g/mol. The fourth-order valence-electron chi connectivity index (χ4n) is 2.92. The number of hydrogen-bond acceptors (Lipinski definition) is 4. The fourth-order valence-corrected chi connectivity index (χ4v) is 2.92. The molecule has 0 atom stereocenters. The second kappa shape index (κ2) is 5.31. The third kappa shape index (κ3) is 3.36. The molecule has 1 spiro atoms. The Morgan fingerprint density at radius 2 is 1.90 bits per heavy atom. The second-order valence-corrected chi connectivity index (χ2v) is 7.17. The first-order valence-electron chi connectivity index (χ1n) is 7.49. The molecule has 0 unspecified atom stereocenters. The molecule has 0 aromatic heterocycles. The Hall–Kier alpha value is -1.59. The second-order valence-electron chi connectivity index (χ2n) is 7.17. The number of carbonyl (C=O) groups excluding carboxylic acids is 3. The molecule has 118 valence electrons. The minimum absolute atomic E-state index is 0.287. The minimum Gasteiger partial charge on any atom is -0.459 e. The van der Waals surface area contributed by atoms with Gasteiger partial charge in [-0.15, -0.1) is 0 Å². The molecule has 1 saturated heterocycles. The number of carbonyl (C=O) groups is 3. The average molecular weight is 296 g/mol. The van der Waals surface area contributed by atoms with Crippen molar-refractivity contribution >= 4 is 17.9 Å². The SMILES string of the molecule is CC1CCC2(CC1)NC(=O)N(CC(=O)OC(C)(C)C)C2=O. The van der Waals surface area contributed by atoms with Gasteiger partial charge in [-0.2, -0.15) is 0 Å². The lowest BCUT2D eigenvalue weighted by atomic mass is 9.77. The van der Waals surface area contributed by atoms with E-state index in [-0.39, 0.29) is 12.5 Å². The van der Waals surface area contributed by atoms with Crippen LogP contribution in [0.5, 0.6) is 0 Å². The topological polar surface area (TPSA) is 75.7 Å². The van der Waals surface area contributed by atoms with Crippen molar-refractivity contribution in [1.82, 2.24) is 10.2 Å². The lowest BCUT2D eigenvalue weighted by Crippen LogP contribution is -2.49. The lowest BCUT2D eigenvalue weighted by molar-refractivity contribution is -0.157. The molecule has 2 rings (SSSR count). The molecule has 0 aromatic rings. The highest BCUT2D eigenvalue weighted by atomic mass is 16.6. The lowest BCUT2D eigenvalue weighted by Gasteiger charge is -2.33. The Labute approximate surface area is 125 Å². The normalized spacial score (nSPS) is 29.7. The summed E-state index contributed by atoms with van der Waals surface area (Å²) in [7, 11) is 0. The van der Waals surface area contributed by atoms with E-state index in [4.69, 9.17) is 4.74 Å². The average Bonchev–Trinajstić information content (AvgIpc) is 2.56. The number of hydrogen-bond donors (Lipinski definition) is 1. The van der Waals surface area contributed by atoms with E-state index >= 15 is 0 Å². The van der Waals surface area contributed by atoms with Crippen LogP contribution in [-0.4, -0.2) is 40.5 Å². The van der Waals surface area contributed by atoms with Gasteiger partial charge in [0.05, 0.1) is 0 Å². The van der Waals surface area contributed by atoms with Gasteiger partial charge in [0.15, 0.2) is 0 Å². The molecule has 1 N–H and O–H groups in total. The number of imide groups is 1. The van der Waals surface area contributed by atoms with Crippen LogP contribution in [0.25, 0.3) is 0 Å². The van der Waals surface area contributed by atoms with E-state index in [1.165, 1.54) is 0 Å². The van der Waals surface area contributed by atoms with Crippen molar-refractivity contribution in [2.45, 2.75) is 64.5 Å². The van der Waals surface area contributed by atoms with Gasteiger partial charge in [-0.3, -0.25) is 14.5 Å². The van der Waals surface area contributed by atoms with Crippen LogP contribution in [0, 0.1) is 5.92 Å². The van der Waals surface area contributed by atoms with Crippen LogP contribution in [0.3, 0.4) is 0 Å². The minimum atomic E-state index is -0.800. The van der Waals surface area contributed by atoms with E-state index in [0.717, 1.165) is 17.7 Å². The third-order valence-electron chi connectivity index (χ3n) is 4.08. The van der Waals surface area contributed by atoms with Gasteiger partial charge in [0.1, 0.15) is 17.7 Å². The first kappa shape index (κ1) is 15.8. The van der Waals surface area contributed by atoms with Gasteiger partial charge < -0.3 is 10.1 Å². The molecule has 6 nitrogen and oxygen atoms in total. The van der Waals surface area contributed by atoms with Gasteiger partial charge in [0, 0.05) is 0 Å². The number of nitrogens with one attached hydrogen (secondary N) is 1. The molecule has 21 heavy (non-hydrogen) atoms. The number of nitrogens with zero attached hydrogens (tertiary/aromatic N) is 1. The molecular formula is C15H24N2O4. The van der Waals surface area contributed by atoms with Crippen LogP contribution >= 0.6 is 0 Å². The Morgan fingerprint density at radius 3 is 2.43 bits per heavy atom. The van der Waals surface area contributed by atoms with Gasteiger partial charge in [-0.1, -0.05) is 6.92 Å². The van der Waals surface area contributed by atoms with Gasteiger partial charge in [-0.05, 0) is 52.4 Å². The van der Waals surface area contributed by atoms with E-state index in [2.05, 4.69) is 12.2 Å². The number of urea groups is 1. The molecule has 1 saturated carbocycles. The maximum absolute atomic E-state index is 12.5. The Kier molecular flexibility index (Phi) is 4.00. The summed E-state index contributed by atoms with van der Waals surface area (Å²) in [4.78, 5) is 37.4. The van der Waals surface area contributed by atoms with Gasteiger partial charge in [-0.25, -0.2) is 4.79 Å². The molecule has 0 radical (unpaired) electrons. The number of ether oxygens (including phenoxy) is 1. The Bertz CT molecular complexity index is 459. The number of esters is 1. The predicted molar refractivity (Wildman–Crippen MR) is 76.5 cm³/mol. The maximum atomic E-state index is 12.5. The van der Waals surface area contributed by atoms with Crippen molar-refractivity contribution in [3.63, 3.8) is 0 Å². The zero-order valence-electron chi connectivity index (χ0n) is 13.2. The number of amides is 3. The summed E-state index contributed by atoms with van der Waals surface area (Å²) in [5.74, 6) is -0.280. The summed E-state index contributed by atoms with van der Waals surface area (Å²) >= 11 is 0. The maximum Gasteiger partial charge on any atom is 0.326 e. The summed E-state index contributed by atoms with van der Waals surface area (Å²) in [6.45, 7) is 7.08. The summed E-state index contributed by atoms with van der Waals surface area (Å²) < 4.78 is 5.18. The van der Waals surface area contributed by atoms with Crippen LogP contribution in [0.1, 0.15) is 53.4 Å². The highest BCUT2D eigenvalue weighted by Gasteiger charge is 2.52. The molecule has 0 aromatic carbocycles. The van der Waals surface area contributed by atoms with Crippen molar-refractivity contribution in [1.29, 1.82) is 0 Å². The zero-order chi connectivity index (χ0) is 15.8. The van der Waals surface area contributed by atoms with Crippen molar-refractivity contribution < 1.29 is 19.1 Å². The number of rotatable bonds is 2. The van der Waals surface area contributed by atoms with Crippen LogP contribution < -0.4 is 5.32 Å². The molecule has 1 aliphatic heterocycles. The highest BCUT2D eigenvalue weighted by Crippen LogP contribution is 2.36. The van der Waals surface area contributed by atoms with Gasteiger partial charge >= 0.3 is 12.0 Å². The van der Waals surface area contributed by atoms with Crippen LogP contribution in [0.2, 0.25) is 0 Å². The van der Waals surface area contributed by atoms with Gasteiger partial charge in [0.2, 0.25) is 0 Å². The molecule has 3 amide bonds. The van der Waals surface area contributed by atoms with Crippen LogP contribution in [0.15, 0.2) is 0 Å². The standard InChI is InChI=1S/C15H24N2O4/c1-10-5-7-15(8-6-10)12(19)17(13(20)16-15)9-11(18)21-14(2,3)4/h10H,5-9H2,1-4H3,(H,16,20). The molecule has 0 bridgehead atoms. The van der Waals surface area contributed by atoms with Crippen LogP contribution in [-0.2, 0) is 14.3 Å². The first-order valence-corrected chi connectivity index (χ1v) is 7.49. The van der Waals surface area contributed by atoms with Crippen molar-refractivity contribution in [3.05, 3.63) is 0 Å². The Balaban J connectivity index is 2.04.